The normalized spacial score (nSPS) is 10.3. The predicted octanol–water partition coefficient (Wildman–Crippen LogP) is 3.06. The van der Waals surface area contributed by atoms with E-state index in [1.165, 1.54) is 0 Å². The molecule has 1 aromatic rings. The third kappa shape index (κ3) is 4.88. The van der Waals surface area contributed by atoms with Gasteiger partial charge in [0, 0.05) is 24.3 Å². The van der Waals surface area contributed by atoms with Gasteiger partial charge in [-0.1, -0.05) is 25.4 Å². The minimum absolute atomic E-state index is 0.101. The maximum Gasteiger partial charge on any atom is 0.254 e. The van der Waals surface area contributed by atoms with Crippen molar-refractivity contribution in [2.75, 3.05) is 13.1 Å². The molecule has 0 atom stereocenters. The van der Waals surface area contributed by atoms with Gasteiger partial charge in [-0.3, -0.25) is 4.79 Å². The molecular formula is C14H18ClN3O. The summed E-state index contributed by atoms with van der Waals surface area (Å²) in [4.78, 5) is 18.2. The van der Waals surface area contributed by atoms with Crippen LogP contribution in [0.25, 0.3) is 0 Å². The van der Waals surface area contributed by atoms with Gasteiger partial charge in [-0.05, 0) is 25.0 Å². The summed E-state index contributed by atoms with van der Waals surface area (Å²) < 4.78 is 0. The molecule has 0 saturated carbocycles. The topological polar surface area (TPSA) is 57.0 Å². The molecule has 0 fully saturated rings. The number of halogens is 1. The van der Waals surface area contributed by atoms with Gasteiger partial charge in [0.15, 0.2) is 0 Å². The fourth-order valence-electron chi connectivity index (χ4n) is 1.84. The van der Waals surface area contributed by atoms with Crippen molar-refractivity contribution < 1.29 is 4.79 Å². The lowest BCUT2D eigenvalue weighted by Crippen LogP contribution is -2.35. The molecule has 1 amide bonds. The van der Waals surface area contributed by atoms with E-state index < -0.39 is 0 Å². The Morgan fingerprint density at radius 2 is 2.21 bits per heavy atom. The first-order valence-electron chi connectivity index (χ1n) is 6.24. The molecule has 0 unspecified atom stereocenters. The fraction of sp³-hybridized carbons (Fsp3) is 0.500. The summed E-state index contributed by atoms with van der Waals surface area (Å²) in [7, 11) is 0. The molecule has 1 rings (SSSR count). The molecular weight excluding hydrogens is 262 g/mol. The first-order valence-corrected chi connectivity index (χ1v) is 6.62. The number of aromatic nitrogens is 1. The van der Waals surface area contributed by atoms with E-state index >= 15 is 0 Å². The van der Waals surface area contributed by atoms with Crippen LogP contribution in [0, 0.1) is 24.2 Å². The molecule has 102 valence electrons. The van der Waals surface area contributed by atoms with E-state index in [2.05, 4.69) is 11.1 Å². The van der Waals surface area contributed by atoms with E-state index in [0.29, 0.717) is 41.8 Å². The van der Waals surface area contributed by atoms with Crippen molar-refractivity contribution in [1.29, 1.82) is 5.26 Å². The van der Waals surface area contributed by atoms with Crippen LogP contribution in [-0.4, -0.2) is 28.9 Å². The summed E-state index contributed by atoms with van der Waals surface area (Å²) in [6, 6.07) is 5.35. The number of nitrogens with zero attached hydrogens (tertiary/aromatic N) is 3. The number of aryl methyl sites for hydroxylation is 1. The Labute approximate surface area is 119 Å². The summed E-state index contributed by atoms with van der Waals surface area (Å²) in [5, 5.41) is 8.98. The molecule has 0 aliphatic carbocycles. The summed E-state index contributed by atoms with van der Waals surface area (Å²) in [6.07, 6.45) is 0.330. The number of carbonyl (C=O) groups excluding carboxylic acids is 1. The van der Waals surface area contributed by atoms with Gasteiger partial charge < -0.3 is 4.90 Å². The molecule has 5 heteroatoms. The van der Waals surface area contributed by atoms with Crippen LogP contribution in [0.2, 0.25) is 5.15 Å². The molecule has 0 saturated heterocycles. The second kappa shape index (κ2) is 7.10. The monoisotopic (exact) mass is 279 g/mol. The Balaban J connectivity index is 2.94. The van der Waals surface area contributed by atoms with Crippen LogP contribution in [0.4, 0.5) is 0 Å². The van der Waals surface area contributed by atoms with Crippen LogP contribution in [0.3, 0.4) is 0 Å². The van der Waals surface area contributed by atoms with E-state index in [-0.39, 0.29) is 5.91 Å². The Bertz CT molecular complexity index is 474. The smallest absolute Gasteiger partial charge is 0.254 e. The van der Waals surface area contributed by atoms with Crippen molar-refractivity contribution in [1.82, 2.24) is 9.88 Å². The average Bonchev–Trinajstić information content (AvgIpc) is 2.32. The molecule has 0 aliphatic heterocycles. The van der Waals surface area contributed by atoms with Gasteiger partial charge in [-0.15, -0.1) is 0 Å². The van der Waals surface area contributed by atoms with Crippen molar-refractivity contribution in [3.05, 3.63) is 28.5 Å². The first-order chi connectivity index (χ1) is 8.93. The maximum absolute atomic E-state index is 12.4. The van der Waals surface area contributed by atoms with Crippen LogP contribution in [0.5, 0.6) is 0 Å². The Morgan fingerprint density at radius 3 is 2.74 bits per heavy atom. The van der Waals surface area contributed by atoms with Gasteiger partial charge in [-0.2, -0.15) is 5.26 Å². The average molecular weight is 280 g/mol. The summed E-state index contributed by atoms with van der Waals surface area (Å²) in [5.74, 6) is 0.248. The van der Waals surface area contributed by atoms with Crippen molar-refractivity contribution in [2.24, 2.45) is 5.92 Å². The summed E-state index contributed by atoms with van der Waals surface area (Å²) in [6.45, 7) is 6.94. The highest BCUT2D eigenvalue weighted by Gasteiger charge is 2.17. The number of amides is 1. The number of hydrogen-bond donors (Lipinski definition) is 0. The second-order valence-electron chi connectivity index (χ2n) is 4.87. The van der Waals surface area contributed by atoms with Crippen molar-refractivity contribution in [2.45, 2.75) is 27.2 Å². The molecule has 0 aromatic carbocycles. The molecule has 1 aromatic heterocycles. The van der Waals surface area contributed by atoms with Crippen LogP contribution in [0.1, 0.15) is 36.3 Å². The maximum atomic E-state index is 12.4. The van der Waals surface area contributed by atoms with Gasteiger partial charge >= 0.3 is 0 Å². The van der Waals surface area contributed by atoms with Crippen molar-refractivity contribution in [3.63, 3.8) is 0 Å². The highest BCUT2D eigenvalue weighted by atomic mass is 35.5. The quantitative estimate of drug-likeness (QED) is 0.779. The number of hydrogen-bond acceptors (Lipinski definition) is 3. The molecule has 0 aliphatic rings. The zero-order chi connectivity index (χ0) is 14.4. The van der Waals surface area contributed by atoms with Crippen LogP contribution < -0.4 is 0 Å². The van der Waals surface area contributed by atoms with Crippen molar-refractivity contribution >= 4 is 17.5 Å². The van der Waals surface area contributed by atoms with Crippen molar-refractivity contribution in [3.8, 4) is 6.07 Å². The number of carbonyl (C=O) groups is 1. The van der Waals surface area contributed by atoms with E-state index in [1.807, 2.05) is 13.8 Å². The van der Waals surface area contributed by atoms with Gasteiger partial charge in [0.1, 0.15) is 5.15 Å². The zero-order valence-corrected chi connectivity index (χ0v) is 12.2. The second-order valence-corrected chi connectivity index (χ2v) is 5.26. The van der Waals surface area contributed by atoms with Gasteiger partial charge in [0.05, 0.1) is 12.5 Å². The number of rotatable bonds is 5. The fourth-order valence-corrected chi connectivity index (χ4v) is 2.09. The standard InChI is InChI=1S/C14H18ClN3O/c1-10(2)9-18(6-4-5-16)14(19)12-7-11(3)17-13(15)8-12/h7-8,10H,4,6,9H2,1-3H3. The SMILES string of the molecule is Cc1cc(C(=O)N(CCC#N)CC(C)C)cc(Cl)n1. The van der Waals surface area contributed by atoms with Crippen LogP contribution >= 0.6 is 11.6 Å². The Kier molecular flexibility index (Phi) is 5.78. The molecule has 0 N–H and O–H groups in total. The molecule has 0 spiro atoms. The third-order valence-electron chi connectivity index (χ3n) is 2.54. The lowest BCUT2D eigenvalue weighted by Gasteiger charge is -2.23. The molecule has 0 radical (unpaired) electrons. The summed E-state index contributed by atoms with van der Waals surface area (Å²) >= 11 is 5.87. The Hall–Kier alpha value is -1.60. The van der Waals surface area contributed by atoms with Gasteiger partial charge in [0.2, 0.25) is 0 Å². The molecule has 19 heavy (non-hydrogen) atoms. The van der Waals surface area contributed by atoms with E-state index in [9.17, 15) is 4.79 Å². The van der Waals surface area contributed by atoms with Crippen LogP contribution in [-0.2, 0) is 0 Å². The highest BCUT2D eigenvalue weighted by molar-refractivity contribution is 6.29. The zero-order valence-electron chi connectivity index (χ0n) is 11.5. The summed E-state index contributed by atoms with van der Waals surface area (Å²) in [5.41, 5.74) is 1.23. The molecule has 4 nitrogen and oxygen atoms in total. The highest BCUT2D eigenvalue weighted by Crippen LogP contribution is 2.14. The molecule has 1 heterocycles. The van der Waals surface area contributed by atoms with E-state index in [0.717, 1.165) is 0 Å². The Morgan fingerprint density at radius 1 is 1.53 bits per heavy atom. The number of pyridine rings is 1. The third-order valence-corrected chi connectivity index (χ3v) is 2.73. The van der Waals surface area contributed by atoms with Crippen LogP contribution in [0.15, 0.2) is 12.1 Å². The number of nitriles is 1. The van der Waals surface area contributed by atoms with E-state index in [1.54, 1.807) is 24.0 Å². The minimum atomic E-state index is -0.101. The minimum Gasteiger partial charge on any atom is -0.337 e. The lowest BCUT2D eigenvalue weighted by molar-refractivity contribution is 0.0739. The first kappa shape index (κ1) is 15.5. The lowest BCUT2D eigenvalue weighted by atomic mass is 10.1. The van der Waals surface area contributed by atoms with E-state index in [4.69, 9.17) is 16.9 Å². The molecule has 0 bridgehead atoms. The predicted molar refractivity (Wildman–Crippen MR) is 75.0 cm³/mol. The van der Waals surface area contributed by atoms with Gasteiger partial charge in [-0.25, -0.2) is 4.98 Å². The van der Waals surface area contributed by atoms with Gasteiger partial charge in [0.25, 0.3) is 5.91 Å². The largest absolute Gasteiger partial charge is 0.337 e.